The molecule has 2 aromatic rings. The maximum atomic E-state index is 13.1. The zero-order valence-corrected chi connectivity index (χ0v) is 18.0. The van der Waals surface area contributed by atoms with Crippen LogP contribution in [0.25, 0.3) is 16.7 Å². The first-order valence-corrected chi connectivity index (χ1v) is 11.4. The van der Waals surface area contributed by atoms with E-state index in [0.29, 0.717) is 13.0 Å². The molecule has 2 aromatic carbocycles. The second-order valence-electron chi connectivity index (χ2n) is 7.74. The molecule has 0 aromatic heterocycles. The lowest BCUT2D eigenvalue weighted by atomic mass is 9.96. The fourth-order valence-electron chi connectivity index (χ4n) is 3.57. The Balaban J connectivity index is 1.61. The first-order chi connectivity index (χ1) is 14.3. The van der Waals surface area contributed by atoms with E-state index in [1.807, 2.05) is 12.1 Å². The molecule has 160 valence electrons. The Bertz CT molecular complexity index is 944. The zero-order valence-electron chi connectivity index (χ0n) is 17.2. The van der Waals surface area contributed by atoms with Gasteiger partial charge in [0.2, 0.25) is 0 Å². The molecular formula is C23H27FN2O3S. The Morgan fingerprint density at radius 1 is 1.13 bits per heavy atom. The van der Waals surface area contributed by atoms with Gasteiger partial charge in [-0.15, -0.1) is 0 Å². The Morgan fingerprint density at radius 2 is 1.70 bits per heavy atom. The lowest BCUT2D eigenvalue weighted by molar-refractivity contribution is -0.131. The highest BCUT2D eigenvalue weighted by Gasteiger charge is 2.37. The van der Waals surface area contributed by atoms with Gasteiger partial charge in [-0.05, 0) is 54.2 Å². The van der Waals surface area contributed by atoms with E-state index in [2.05, 4.69) is 23.1 Å². The van der Waals surface area contributed by atoms with Gasteiger partial charge in [0.1, 0.15) is 10.6 Å². The van der Waals surface area contributed by atoms with Crippen molar-refractivity contribution in [1.29, 1.82) is 0 Å². The summed E-state index contributed by atoms with van der Waals surface area (Å²) in [5, 5.41) is 8.95. The SMILES string of the molecule is CS(=O)C(C)(CCN1CC=C(c2ccc(-c3ccc(F)cc3)cc2)CC1)C(=O)NO. The van der Waals surface area contributed by atoms with E-state index in [1.165, 1.54) is 29.5 Å². The second kappa shape index (κ2) is 9.64. The van der Waals surface area contributed by atoms with E-state index in [0.717, 1.165) is 30.6 Å². The summed E-state index contributed by atoms with van der Waals surface area (Å²) in [5.41, 5.74) is 6.11. The van der Waals surface area contributed by atoms with Crippen molar-refractivity contribution in [2.45, 2.75) is 24.5 Å². The van der Waals surface area contributed by atoms with E-state index in [4.69, 9.17) is 5.21 Å². The monoisotopic (exact) mass is 430 g/mol. The highest BCUT2D eigenvalue weighted by molar-refractivity contribution is 7.86. The summed E-state index contributed by atoms with van der Waals surface area (Å²) in [4.78, 5) is 14.1. The van der Waals surface area contributed by atoms with Gasteiger partial charge in [0, 0.05) is 36.7 Å². The molecule has 0 saturated heterocycles. The standard InChI is InChI=1S/C23H27FN2O3S/c1-23(30(2)29,22(27)25-28)13-16-26-14-11-20(12-15-26)18-5-3-17(4-6-18)19-7-9-21(24)10-8-19/h3-11,28H,12-16H2,1-2H3,(H,25,27). The topological polar surface area (TPSA) is 69.6 Å². The number of nitrogens with zero attached hydrogens (tertiary/aromatic N) is 1. The number of hydrogen-bond donors (Lipinski definition) is 2. The van der Waals surface area contributed by atoms with E-state index in [-0.39, 0.29) is 5.82 Å². The van der Waals surface area contributed by atoms with Gasteiger partial charge in [-0.1, -0.05) is 42.5 Å². The molecule has 2 atom stereocenters. The summed E-state index contributed by atoms with van der Waals surface area (Å²) < 4.78 is 24.0. The fourth-order valence-corrected chi connectivity index (χ4v) is 4.26. The quantitative estimate of drug-likeness (QED) is 0.520. The molecule has 1 amide bonds. The molecule has 3 rings (SSSR count). The van der Waals surface area contributed by atoms with E-state index < -0.39 is 21.5 Å². The zero-order chi connectivity index (χ0) is 21.7. The van der Waals surface area contributed by atoms with E-state index in [9.17, 15) is 13.4 Å². The van der Waals surface area contributed by atoms with Crippen LogP contribution in [0, 0.1) is 5.82 Å². The minimum absolute atomic E-state index is 0.241. The number of carbonyl (C=O) groups is 1. The summed E-state index contributed by atoms with van der Waals surface area (Å²) in [6.45, 7) is 3.83. The molecule has 0 saturated carbocycles. The molecule has 1 aliphatic rings. The van der Waals surface area contributed by atoms with Gasteiger partial charge in [0.15, 0.2) is 0 Å². The minimum Gasteiger partial charge on any atom is -0.299 e. The van der Waals surface area contributed by atoms with Crippen LogP contribution in [0.5, 0.6) is 0 Å². The van der Waals surface area contributed by atoms with Gasteiger partial charge in [0.05, 0.1) is 0 Å². The Morgan fingerprint density at radius 3 is 2.20 bits per heavy atom. The number of rotatable bonds is 7. The third-order valence-corrected chi connectivity index (χ3v) is 7.51. The number of halogens is 1. The Labute approximate surface area is 179 Å². The van der Waals surface area contributed by atoms with Crippen LogP contribution in [-0.2, 0) is 15.6 Å². The molecule has 0 fully saturated rings. The van der Waals surface area contributed by atoms with Crippen LogP contribution >= 0.6 is 0 Å². The van der Waals surface area contributed by atoms with Gasteiger partial charge in [0.25, 0.3) is 5.91 Å². The largest absolute Gasteiger partial charge is 0.299 e. The van der Waals surface area contributed by atoms with Gasteiger partial charge in [-0.3, -0.25) is 19.1 Å². The molecule has 0 spiro atoms. The smallest absolute Gasteiger partial charge is 0.261 e. The van der Waals surface area contributed by atoms with E-state index in [1.54, 1.807) is 24.5 Å². The van der Waals surface area contributed by atoms with Crippen LogP contribution in [0.4, 0.5) is 4.39 Å². The summed E-state index contributed by atoms with van der Waals surface area (Å²) in [6.07, 6.45) is 4.95. The normalized spacial score (nSPS) is 17.7. The van der Waals surface area contributed by atoms with Crippen LogP contribution in [-0.4, -0.2) is 50.9 Å². The third-order valence-electron chi connectivity index (χ3n) is 5.85. The van der Waals surface area contributed by atoms with Gasteiger partial charge >= 0.3 is 0 Å². The Hall–Kier alpha value is -2.35. The fraction of sp³-hybridized carbons (Fsp3) is 0.348. The summed E-state index contributed by atoms with van der Waals surface area (Å²) in [5.74, 6) is -0.854. The van der Waals surface area contributed by atoms with Crippen molar-refractivity contribution in [1.82, 2.24) is 10.4 Å². The van der Waals surface area contributed by atoms with Crippen LogP contribution < -0.4 is 5.48 Å². The predicted octanol–water partition coefficient (Wildman–Crippen LogP) is 3.61. The lowest BCUT2D eigenvalue weighted by Gasteiger charge is -2.31. The summed E-state index contributed by atoms with van der Waals surface area (Å²) in [7, 11) is -1.39. The lowest BCUT2D eigenvalue weighted by Crippen LogP contribution is -2.48. The maximum absolute atomic E-state index is 13.1. The van der Waals surface area contributed by atoms with Gasteiger partial charge in [-0.2, -0.15) is 0 Å². The Kier molecular flexibility index (Phi) is 7.18. The molecule has 30 heavy (non-hydrogen) atoms. The average Bonchev–Trinajstić information content (AvgIpc) is 2.77. The number of amides is 1. The number of carbonyl (C=O) groups excluding carboxylic acids is 1. The molecule has 0 aliphatic carbocycles. The van der Waals surface area contributed by atoms with Crippen molar-refractivity contribution in [3.63, 3.8) is 0 Å². The molecule has 1 heterocycles. The highest BCUT2D eigenvalue weighted by Crippen LogP contribution is 2.27. The highest BCUT2D eigenvalue weighted by atomic mass is 32.2. The van der Waals surface area contributed by atoms with Crippen molar-refractivity contribution < 1.29 is 18.6 Å². The number of hydroxylamine groups is 1. The summed E-state index contributed by atoms with van der Waals surface area (Å²) >= 11 is 0. The minimum atomic E-state index is -1.39. The third kappa shape index (κ3) is 5.03. The predicted molar refractivity (Wildman–Crippen MR) is 118 cm³/mol. The molecule has 7 heteroatoms. The number of hydrogen-bond acceptors (Lipinski definition) is 4. The maximum Gasteiger partial charge on any atom is 0.261 e. The van der Waals surface area contributed by atoms with Crippen LogP contribution in [0.3, 0.4) is 0 Å². The first-order valence-electron chi connectivity index (χ1n) is 9.89. The molecule has 1 aliphatic heterocycles. The van der Waals surface area contributed by atoms with Crippen molar-refractivity contribution in [2.75, 3.05) is 25.9 Å². The molecule has 0 bridgehead atoms. The van der Waals surface area contributed by atoms with Crippen molar-refractivity contribution >= 4 is 22.3 Å². The van der Waals surface area contributed by atoms with Crippen LogP contribution in [0.15, 0.2) is 54.6 Å². The van der Waals surface area contributed by atoms with E-state index >= 15 is 0 Å². The summed E-state index contributed by atoms with van der Waals surface area (Å²) in [6, 6.07) is 14.7. The van der Waals surface area contributed by atoms with Crippen LogP contribution in [0.2, 0.25) is 0 Å². The van der Waals surface area contributed by atoms with Gasteiger partial charge < -0.3 is 0 Å². The molecule has 2 unspecified atom stereocenters. The first kappa shape index (κ1) is 22.3. The second-order valence-corrected chi connectivity index (χ2v) is 9.55. The van der Waals surface area contributed by atoms with Gasteiger partial charge in [-0.25, -0.2) is 9.87 Å². The number of nitrogens with one attached hydrogen (secondary N) is 1. The van der Waals surface area contributed by atoms with Crippen molar-refractivity contribution in [2.24, 2.45) is 0 Å². The molecule has 5 nitrogen and oxygen atoms in total. The molecular weight excluding hydrogens is 403 g/mol. The molecule has 2 N–H and O–H groups in total. The molecule has 0 radical (unpaired) electrons. The average molecular weight is 431 g/mol. The van der Waals surface area contributed by atoms with Crippen molar-refractivity contribution in [3.05, 3.63) is 66.0 Å². The van der Waals surface area contributed by atoms with Crippen LogP contribution in [0.1, 0.15) is 25.3 Å². The van der Waals surface area contributed by atoms with Crippen molar-refractivity contribution in [3.8, 4) is 11.1 Å². The number of benzene rings is 2.